The Balaban J connectivity index is 1.55. The number of nitro benzene ring substituents is 1. The highest BCUT2D eigenvalue weighted by Crippen LogP contribution is 2.28. The summed E-state index contributed by atoms with van der Waals surface area (Å²) in [6, 6.07) is 19.4. The summed E-state index contributed by atoms with van der Waals surface area (Å²) in [5, 5.41) is 15.5. The van der Waals surface area contributed by atoms with Gasteiger partial charge in [-0.25, -0.2) is 5.43 Å². The molecule has 1 aromatic heterocycles. The van der Waals surface area contributed by atoms with Crippen LogP contribution in [0.5, 0.6) is 0 Å². The minimum Gasteiger partial charge on any atom is -0.448 e. The first kappa shape index (κ1) is 18.4. The molecule has 0 saturated carbocycles. The molecule has 0 saturated heterocycles. The second-order valence-corrected chi connectivity index (χ2v) is 6.51. The van der Waals surface area contributed by atoms with Gasteiger partial charge in [-0.1, -0.05) is 48.2 Å². The largest absolute Gasteiger partial charge is 0.448 e. The Morgan fingerprint density at radius 1 is 1.11 bits per heavy atom. The van der Waals surface area contributed by atoms with E-state index >= 15 is 0 Å². The molecule has 0 aliphatic carbocycles. The van der Waals surface area contributed by atoms with Crippen molar-refractivity contribution in [3.63, 3.8) is 0 Å². The summed E-state index contributed by atoms with van der Waals surface area (Å²) >= 11 is 1.47. The van der Waals surface area contributed by atoms with Crippen molar-refractivity contribution in [3.8, 4) is 0 Å². The average Bonchev–Trinajstić information content (AvgIpc) is 3.10. The van der Waals surface area contributed by atoms with Gasteiger partial charge < -0.3 is 4.42 Å². The number of benzene rings is 2. The highest BCUT2D eigenvalue weighted by Gasteiger charge is 2.15. The molecule has 8 heteroatoms. The molecule has 2 aromatic carbocycles. The van der Waals surface area contributed by atoms with Crippen LogP contribution in [0.25, 0.3) is 0 Å². The van der Waals surface area contributed by atoms with Crippen LogP contribution in [0.2, 0.25) is 0 Å². The second kappa shape index (κ2) is 8.81. The average molecular weight is 381 g/mol. The van der Waals surface area contributed by atoms with Crippen molar-refractivity contribution in [2.24, 2.45) is 5.10 Å². The van der Waals surface area contributed by atoms with E-state index in [0.717, 1.165) is 4.90 Å². The van der Waals surface area contributed by atoms with E-state index in [0.29, 0.717) is 16.4 Å². The highest BCUT2D eigenvalue weighted by molar-refractivity contribution is 7.99. The lowest BCUT2D eigenvalue weighted by molar-refractivity contribution is -0.385. The topological polar surface area (TPSA) is 97.7 Å². The number of nitrogens with zero attached hydrogens (tertiary/aromatic N) is 2. The molecule has 0 fully saturated rings. The fraction of sp³-hybridized carbons (Fsp3) is 0.0526. The van der Waals surface area contributed by atoms with Gasteiger partial charge in [-0.15, -0.1) is 0 Å². The summed E-state index contributed by atoms with van der Waals surface area (Å²) < 4.78 is 5.61. The molecule has 1 heterocycles. The third-order valence-electron chi connectivity index (χ3n) is 3.48. The van der Waals surface area contributed by atoms with E-state index in [1.807, 2.05) is 36.4 Å². The molecule has 3 rings (SSSR count). The van der Waals surface area contributed by atoms with E-state index in [1.165, 1.54) is 24.0 Å². The standard InChI is InChI=1S/C19H15N3O4S/c23-18(12-14-6-4-5-9-17(14)22(24)25)21-20-13-15-10-11-19(26-15)27-16-7-2-1-3-8-16/h1-11,13H,12H2,(H,21,23). The highest BCUT2D eigenvalue weighted by atomic mass is 32.2. The number of para-hydroxylation sites is 1. The molecular formula is C19H15N3O4S. The zero-order valence-electron chi connectivity index (χ0n) is 14.1. The number of nitrogens with one attached hydrogen (secondary N) is 1. The van der Waals surface area contributed by atoms with Crippen LogP contribution in [0.15, 0.2) is 86.2 Å². The predicted octanol–water partition coefficient (Wildman–Crippen LogP) is 4.03. The van der Waals surface area contributed by atoms with Gasteiger partial charge in [0.1, 0.15) is 5.76 Å². The van der Waals surface area contributed by atoms with Crippen molar-refractivity contribution in [2.75, 3.05) is 0 Å². The lowest BCUT2D eigenvalue weighted by Gasteiger charge is -2.01. The Hall–Kier alpha value is -3.39. The Bertz CT molecular complexity index is 970. The zero-order chi connectivity index (χ0) is 19.1. The molecule has 7 nitrogen and oxygen atoms in total. The Morgan fingerprint density at radius 2 is 1.85 bits per heavy atom. The van der Waals surface area contributed by atoms with Gasteiger partial charge in [0.15, 0.2) is 5.09 Å². The molecule has 0 radical (unpaired) electrons. The summed E-state index contributed by atoms with van der Waals surface area (Å²) in [6.45, 7) is 0. The van der Waals surface area contributed by atoms with Crippen LogP contribution in [0, 0.1) is 10.1 Å². The molecule has 0 atom stereocenters. The van der Waals surface area contributed by atoms with Gasteiger partial charge in [-0.3, -0.25) is 14.9 Å². The van der Waals surface area contributed by atoms with Crippen LogP contribution in [-0.2, 0) is 11.2 Å². The van der Waals surface area contributed by atoms with Crippen LogP contribution in [0.4, 0.5) is 5.69 Å². The Morgan fingerprint density at radius 3 is 2.63 bits per heavy atom. The van der Waals surface area contributed by atoms with Gasteiger partial charge in [0.2, 0.25) is 5.91 Å². The van der Waals surface area contributed by atoms with Gasteiger partial charge in [0.25, 0.3) is 5.69 Å². The van der Waals surface area contributed by atoms with Crippen molar-refractivity contribution in [3.05, 3.63) is 88.2 Å². The number of furan rings is 1. The molecule has 0 unspecified atom stereocenters. The molecule has 0 aliphatic rings. The predicted molar refractivity (Wildman–Crippen MR) is 102 cm³/mol. The number of hydrogen-bond acceptors (Lipinski definition) is 6. The van der Waals surface area contributed by atoms with E-state index in [-0.39, 0.29) is 12.1 Å². The smallest absolute Gasteiger partial charge is 0.273 e. The lowest BCUT2D eigenvalue weighted by atomic mass is 10.1. The number of rotatable bonds is 7. The number of hydrazone groups is 1. The molecule has 1 amide bonds. The van der Waals surface area contributed by atoms with Gasteiger partial charge >= 0.3 is 0 Å². The molecule has 0 bridgehead atoms. The lowest BCUT2D eigenvalue weighted by Crippen LogP contribution is -2.20. The minimum absolute atomic E-state index is 0.0924. The molecule has 3 aromatic rings. The van der Waals surface area contributed by atoms with E-state index in [9.17, 15) is 14.9 Å². The third kappa shape index (κ3) is 5.29. The summed E-state index contributed by atoms with van der Waals surface area (Å²) in [7, 11) is 0. The summed E-state index contributed by atoms with van der Waals surface area (Å²) in [5.74, 6) is 0.0328. The van der Waals surface area contributed by atoms with E-state index in [2.05, 4.69) is 10.5 Å². The SMILES string of the molecule is O=C(Cc1ccccc1[N+](=O)[O-])NN=Cc1ccc(Sc2ccccc2)o1. The first-order valence-corrected chi connectivity index (χ1v) is 8.80. The summed E-state index contributed by atoms with van der Waals surface area (Å²) in [6.07, 6.45) is 1.24. The molecule has 136 valence electrons. The minimum atomic E-state index is -0.513. The maximum atomic E-state index is 11.9. The number of nitro groups is 1. The molecule has 27 heavy (non-hydrogen) atoms. The summed E-state index contributed by atoms with van der Waals surface area (Å²) in [4.78, 5) is 23.4. The van der Waals surface area contributed by atoms with Crippen LogP contribution in [-0.4, -0.2) is 17.0 Å². The summed E-state index contributed by atoms with van der Waals surface area (Å²) in [5.41, 5.74) is 2.58. The monoisotopic (exact) mass is 381 g/mol. The van der Waals surface area contributed by atoms with E-state index in [1.54, 1.807) is 24.3 Å². The van der Waals surface area contributed by atoms with Crippen LogP contribution in [0.1, 0.15) is 11.3 Å². The molecule has 1 N–H and O–H groups in total. The maximum absolute atomic E-state index is 11.9. The fourth-order valence-electron chi connectivity index (χ4n) is 2.28. The second-order valence-electron chi connectivity index (χ2n) is 5.43. The number of carbonyl (C=O) groups is 1. The van der Waals surface area contributed by atoms with Crippen LogP contribution >= 0.6 is 11.8 Å². The van der Waals surface area contributed by atoms with Crippen LogP contribution < -0.4 is 5.43 Å². The van der Waals surface area contributed by atoms with Gasteiger partial charge in [-0.2, -0.15) is 5.10 Å². The first-order valence-electron chi connectivity index (χ1n) is 7.99. The molecule has 0 spiro atoms. The van der Waals surface area contributed by atoms with Crippen molar-refractivity contribution < 1.29 is 14.1 Å². The number of carbonyl (C=O) groups excluding carboxylic acids is 1. The number of amides is 1. The van der Waals surface area contributed by atoms with Crippen molar-refractivity contribution in [1.29, 1.82) is 0 Å². The Kier molecular flexibility index (Phi) is 6.01. The normalized spacial score (nSPS) is 10.8. The van der Waals surface area contributed by atoms with Crippen molar-refractivity contribution in [1.82, 2.24) is 5.43 Å². The quantitative estimate of drug-likeness (QED) is 0.378. The first-order chi connectivity index (χ1) is 13.1. The maximum Gasteiger partial charge on any atom is 0.273 e. The number of hydrogen-bond donors (Lipinski definition) is 1. The van der Waals surface area contributed by atoms with Crippen LogP contribution in [0.3, 0.4) is 0 Å². The zero-order valence-corrected chi connectivity index (χ0v) is 14.9. The third-order valence-corrected chi connectivity index (χ3v) is 4.41. The van der Waals surface area contributed by atoms with Gasteiger partial charge in [-0.05, 0) is 24.3 Å². The van der Waals surface area contributed by atoms with Crippen molar-refractivity contribution >= 4 is 29.6 Å². The van der Waals surface area contributed by atoms with Gasteiger partial charge in [0.05, 0.1) is 17.6 Å². The van der Waals surface area contributed by atoms with Gasteiger partial charge in [0, 0.05) is 16.5 Å². The van der Waals surface area contributed by atoms with E-state index in [4.69, 9.17) is 4.42 Å². The Labute approximate surface area is 159 Å². The molecular weight excluding hydrogens is 366 g/mol. The fourth-order valence-corrected chi connectivity index (χ4v) is 3.08. The van der Waals surface area contributed by atoms with E-state index < -0.39 is 10.8 Å². The molecule has 0 aliphatic heterocycles. The van der Waals surface area contributed by atoms with Crippen molar-refractivity contribution in [2.45, 2.75) is 16.4 Å².